The summed E-state index contributed by atoms with van der Waals surface area (Å²) in [7, 11) is 1.65. The van der Waals surface area contributed by atoms with E-state index in [9.17, 15) is 5.11 Å². The highest BCUT2D eigenvalue weighted by atomic mass is 35.5. The summed E-state index contributed by atoms with van der Waals surface area (Å²) in [6, 6.07) is 22.8. The van der Waals surface area contributed by atoms with Gasteiger partial charge in [-0.25, -0.2) is 0 Å². The number of para-hydroxylation sites is 1. The average Bonchev–Trinajstić information content (AvgIpc) is 2.75. The number of fused-ring (bicyclic) bond motifs is 1. The highest BCUT2D eigenvalue weighted by molar-refractivity contribution is 5.85. The summed E-state index contributed by atoms with van der Waals surface area (Å²) in [6.45, 7) is 7.03. The van der Waals surface area contributed by atoms with Crippen molar-refractivity contribution in [2.45, 2.75) is 44.9 Å². The normalized spacial score (nSPS) is 13.5. The number of ether oxygens (including phenoxy) is 2. The average molecular weight is 444 g/mol. The lowest BCUT2D eigenvalue weighted by atomic mass is 9.93. The molecule has 3 aromatic rings. The SMILES string of the molecule is COc1ccccc1[C@@H](C)OC[C@H](O)CNC(C)(C)Cc1ccc2ccccc2c1.Cl. The van der Waals surface area contributed by atoms with E-state index in [0.717, 1.165) is 17.7 Å². The zero-order valence-electron chi connectivity index (χ0n) is 18.8. The Labute approximate surface area is 192 Å². The molecule has 0 bridgehead atoms. The summed E-state index contributed by atoms with van der Waals surface area (Å²) >= 11 is 0. The van der Waals surface area contributed by atoms with E-state index >= 15 is 0 Å². The number of aliphatic hydroxyl groups excluding tert-OH is 1. The van der Waals surface area contributed by atoms with Gasteiger partial charge in [-0.3, -0.25) is 0 Å². The zero-order chi connectivity index (χ0) is 21.6. The molecule has 0 spiro atoms. The number of hydrogen-bond acceptors (Lipinski definition) is 4. The molecule has 4 nitrogen and oxygen atoms in total. The molecule has 2 atom stereocenters. The Balaban J connectivity index is 0.00000341. The van der Waals surface area contributed by atoms with Gasteiger partial charge >= 0.3 is 0 Å². The molecule has 0 radical (unpaired) electrons. The second-order valence-electron chi connectivity index (χ2n) is 8.49. The Kier molecular flexibility index (Phi) is 9.32. The lowest BCUT2D eigenvalue weighted by Gasteiger charge is -2.28. The van der Waals surface area contributed by atoms with Crippen molar-refractivity contribution in [3.8, 4) is 5.75 Å². The molecule has 0 unspecified atom stereocenters. The van der Waals surface area contributed by atoms with E-state index in [-0.39, 0.29) is 30.7 Å². The monoisotopic (exact) mass is 443 g/mol. The van der Waals surface area contributed by atoms with Crippen LogP contribution in [0.5, 0.6) is 5.75 Å². The number of aliphatic hydroxyl groups is 1. The summed E-state index contributed by atoms with van der Waals surface area (Å²) in [4.78, 5) is 0. The smallest absolute Gasteiger partial charge is 0.124 e. The second kappa shape index (κ2) is 11.5. The first-order valence-corrected chi connectivity index (χ1v) is 10.5. The Hall–Kier alpha value is -2.11. The fourth-order valence-corrected chi connectivity index (χ4v) is 3.72. The van der Waals surface area contributed by atoms with Gasteiger partial charge in [0, 0.05) is 17.6 Å². The molecular formula is C26H34ClNO3. The number of halogens is 1. The van der Waals surface area contributed by atoms with Crippen molar-refractivity contribution in [1.29, 1.82) is 0 Å². The van der Waals surface area contributed by atoms with Crippen LogP contribution in [0.1, 0.15) is 38.0 Å². The number of hydrogen-bond donors (Lipinski definition) is 2. The summed E-state index contributed by atoms with van der Waals surface area (Å²) < 4.78 is 11.3. The standard InChI is InChI=1S/C26H33NO3.ClH/c1-19(24-11-7-8-12-25(24)29-4)30-18-23(28)17-27-26(2,3)16-20-13-14-21-9-5-6-10-22(21)15-20;/h5-15,19,23,27-28H,16-18H2,1-4H3;1H/t19-,23-;/m1./s1. The topological polar surface area (TPSA) is 50.7 Å². The van der Waals surface area contributed by atoms with E-state index in [1.54, 1.807) is 7.11 Å². The van der Waals surface area contributed by atoms with Crippen molar-refractivity contribution in [1.82, 2.24) is 5.32 Å². The third-order valence-electron chi connectivity index (χ3n) is 5.39. The third kappa shape index (κ3) is 7.22. The Morgan fingerprint density at radius 2 is 1.65 bits per heavy atom. The quantitative estimate of drug-likeness (QED) is 0.445. The molecule has 0 aromatic heterocycles. The number of β-amino-alcohol motifs (C(OH)–C–C–N with tert-alkyl or cyclic N) is 1. The summed E-state index contributed by atoms with van der Waals surface area (Å²) in [5.74, 6) is 0.800. The van der Waals surface area contributed by atoms with Gasteiger partial charge in [-0.2, -0.15) is 0 Å². The van der Waals surface area contributed by atoms with Crippen LogP contribution in [0.3, 0.4) is 0 Å². The van der Waals surface area contributed by atoms with Gasteiger partial charge in [-0.1, -0.05) is 60.7 Å². The number of methoxy groups -OCH3 is 1. The predicted octanol–water partition coefficient (Wildman–Crippen LogP) is 5.32. The maximum atomic E-state index is 10.4. The van der Waals surface area contributed by atoms with Crippen molar-refractivity contribution in [3.05, 3.63) is 77.9 Å². The number of nitrogens with one attached hydrogen (secondary N) is 1. The molecule has 168 valence electrons. The van der Waals surface area contributed by atoms with Crippen LogP contribution in [-0.2, 0) is 11.2 Å². The lowest BCUT2D eigenvalue weighted by molar-refractivity contribution is -0.00494. The minimum absolute atomic E-state index is 0. The first-order valence-electron chi connectivity index (χ1n) is 10.5. The largest absolute Gasteiger partial charge is 0.496 e. The minimum atomic E-state index is -0.585. The molecule has 5 heteroatoms. The van der Waals surface area contributed by atoms with Gasteiger partial charge in [0.25, 0.3) is 0 Å². The van der Waals surface area contributed by atoms with Gasteiger partial charge in [-0.15, -0.1) is 12.4 Å². The summed E-state index contributed by atoms with van der Waals surface area (Å²) in [6.07, 6.45) is 0.141. The lowest BCUT2D eigenvalue weighted by Crippen LogP contribution is -2.46. The number of rotatable bonds is 10. The predicted molar refractivity (Wildman–Crippen MR) is 130 cm³/mol. The van der Waals surface area contributed by atoms with E-state index in [4.69, 9.17) is 9.47 Å². The van der Waals surface area contributed by atoms with Crippen LogP contribution >= 0.6 is 12.4 Å². The van der Waals surface area contributed by atoms with Gasteiger partial charge in [0.15, 0.2) is 0 Å². The van der Waals surface area contributed by atoms with Crippen LogP contribution < -0.4 is 10.1 Å². The van der Waals surface area contributed by atoms with Crippen molar-refractivity contribution in [3.63, 3.8) is 0 Å². The molecule has 2 N–H and O–H groups in total. The molecule has 0 fully saturated rings. The Morgan fingerprint density at radius 3 is 2.39 bits per heavy atom. The minimum Gasteiger partial charge on any atom is -0.496 e. The maximum Gasteiger partial charge on any atom is 0.124 e. The first-order chi connectivity index (χ1) is 14.4. The highest BCUT2D eigenvalue weighted by Crippen LogP contribution is 2.27. The van der Waals surface area contributed by atoms with Crippen LogP contribution in [0.15, 0.2) is 66.7 Å². The molecule has 0 saturated heterocycles. The van der Waals surface area contributed by atoms with Gasteiger partial charge in [-0.05, 0) is 49.6 Å². The van der Waals surface area contributed by atoms with Crippen LogP contribution in [0.4, 0.5) is 0 Å². The van der Waals surface area contributed by atoms with E-state index in [1.807, 2.05) is 31.2 Å². The van der Waals surface area contributed by atoms with Crippen LogP contribution in [0.2, 0.25) is 0 Å². The highest BCUT2D eigenvalue weighted by Gasteiger charge is 2.20. The van der Waals surface area contributed by atoms with Gasteiger partial charge in [0.2, 0.25) is 0 Å². The van der Waals surface area contributed by atoms with Crippen molar-refractivity contribution >= 4 is 23.2 Å². The fourth-order valence-electron chi connectivity index (χ4n) is 3.72. The zero-order valence-corrected chi connectivity index (χ0v) is 19.6. The van der Waals surface area contributed by atoms with E-state index in [1.165, 1.54) is 16.3 Å². The summed E-state index contributed by atoms with van der Waals surface area (Å²) in [5, 5.41) is 16.4. The van der Waals surface area contributed by atoms with Gasteiger partial charge in [0.05, 0.1) is 25.9 Å². The molecule has 0 aliphatic rings. The second-order valence-corrected chi connectivity index (χ2v) is 8.49. The van der Waals surface area contributed by atoms with E-state index in [0.29, 0.717) is 6.54 Å². The van der Waals surface area contributed by atoms with E-state index < -0.39 is 6.10 Å². The third-order valence-corrected chi connectivity index (χ3v) is 5.39. The molecule has 3 rings (SSSR count). The Bertz CT molecular complexity index is 960. The van der Waals surface area contributed by atoms with Crippen LogP contribution in [0.25, 0.3) is 10.8 Å². The molecule has 0 heterocycles. The van der Waals surface area contributed by atoms with Gasteiger partial charge < -0.3 is 19.9 Å². The molecule has 0 aliphatic carbocycles. The van der Waals surface area contributed by atoms with Crippen molar-refractivity contribution in [2.75, 3.05) is 20.3 Å². The molecule has 31 heavy (non-hydrogen) atoms. The molecule has 3 aromatic carbocycles. The molecule has 0 amide bonds. The van der Waals surface area contributed by atoms with Crippen LogP contribution in [-0.4, -0.2) is 37.0 Å². The first kappa shape index (κ1) is 25.2. The van der Waals surface area contributed by atoms with Gasteiger partial charge in [0.1, 0.15) is 5.75 Å². The van der Waals surface area contributed by atoms with E-state index in [2.05, 4.69) is 61.6 Å². The molecular weight excluding hydrogens is 410 g/mol. The number of benzene rings is 3. The van der Waals surface area contributed by atoms with Crippen molar-refractivity contribution in [2.24, 2.45) is 0 Å². The van der Waals surface area contributed by atoms with Crippen molar-refractivity contribution < 1.29 is 14.6 Å². The molecule has 0 saturated carbocycles. The van der Waals surface area contributed by atoms with Crippen LogP contribution in [0, 0.1) is 0 Å². The molecule has 0 aliphatic heterocycles. The Morgan fingerprint density at radius 1 is 0.968 bits per heavy atom. The summed E-state index contributed by atoms with van der Waals surface area (Å²) in [5.41, 5.74) is 2.12. The maximum absolute atomic E-state index is 10.4. The fraction of sp³-hybridized carbons (Fsp3) is 0.385.